The number of amides is 1. The van der Waals surface area contributed by atoms with Gasteiger partial charge in [-0.2, -0.15) is 0 Å². The first-order chi connectivity index (χ1) is 12.3. The summed E-state index contributed by atoms with van der Waals surface area (Å²) in [5.74, 6) is 2.28. The minimum Gasteiger partial charge on any atom is -0.355 e. The number of hydrogen-bond acceptors (Lipinski definition) is 4. The van der Waals surface area contributed by atoms with Crippen molar-refractivity contribution in [1.29, 1.82) is 0 Å². The molecule has 1 amide bonds. The van der Waals surface area contributed by atoms with E-state index in [0.29, 0.717) is 24.5 Å². The van der Waals surface area contributed by atoms with E-state index in [-0.39, 0.29) is 12.5 Å². The summed E-state index contributed by atoms with van der Waals surface area (Å²) < 4.78 is 2.03. The van der Waals surface area contributed by atoms with Crippen LogP contribution in [0.25, 0.3) is 0 Å². The van der Waals surface area contributed by atoms with Gasteiger partial charge >= 0.3 is 0 Å². The van der Waals surface area contributed by atoms with E-state index < -0.39 is 0 Å². The molecule has 8 heteroatoms. The van der Waals surface area contributed by atoms with Crippen molar-refractivity contribution >= 4 is 11.9 Å². The molecular weight excluding hydrogens is 330 g/mol. The van der Waals surface area contributed by atoms with Crippen LogP contribution in [0.2, 0.25) is 0 Å². The summed E-state index contributed by atoms with van der Waals surface area (Å²) in [5, 5.41) is 14.8. The molecule has 0 saturated carbocycles. The lowest BCUT2D eigenvalue weighted by molar-refractivity contribution is -0.127. The zero-order valence-corrected chi connectivity index (χ0v) is 17.1. The number of carbonyl (C=O) groups excluding carboxylic acids is 1. The minimum absolute atomic E-state index is 0.0204. The molecule has 0 radical (unpaired) electrons. The SMILES string of the molecule is CCc1nncn1CCNC(=NCC(=O)N(C)C)NC(C)CCC(C)C. The average Bonchev–Trinajstić information content (AvgIpc) is 3.04. The zero-order chi connectivity index (χ0) is 19.5. The van der Waals surface area contributed by atoms with E-state index in [1.807, 2.05) is 4.57 Å². The van der Waals surface area contributed by atoms with E-state index in [4.69, 9.17) is 0 Å². The molecule has 26 heavy (non-hydrogen) atoms. The van der Waals surface area contributed by atoms with Crippen LogP contribution in [0.4, 0.5) is 0 Å². The number of nitrogens with zero attached hydrogens (tertiary/aromatic N) is 5. The van der Waals surface area contributed by atoms with E-state index in [1.54, 1.807) is 25.3 Å². The second-order valence-electron chi connectivity index (χ2n) is 7.19. The van der Waals surface area contributed by atoms with Crippen molar-refractivity contribution in [2.75, 3.05) is 27.2 Å². The van der Waals surface area contributed by atoms with Crippen LogP contribution >= 0.6 is 0 Å². The van der Waals surface area contributed by atoms with Gasteiger partial charge < -0.3 is 20.1 Å². The van der Waals surface area contributed by atoms with Crippen LogP contribution in [0.3, 0.4) is 0 Å². The third-order valence-corrected chi connectivity index (χ3v) is 4.09. The van der Waals surface area contributed by atoms with Crippen LogP contribution in [0.5, 0.6) is 0 Å². The third kappa shape index (κ3) is 8.31. The Labute approximate surface area is 157 Å². The van der Waals surface area contributed by atoms with Crippen LogP contribution < -0.4 is 10.6 Å². The lowest BCUT2D eigenvalue weighted by Gasteiger charge is -2.19. The zero-order valence-electron chi connectivity index (χ0n) is 17.1. The molecule has 1 unspecified atom stereocenters. The van der Waals surface area contributed by atoms with Crippen LogP contribution in [-0.2, 0) is 17.8 Å². The highest BCUT2D eigenvalue weighted by molar-refractivity contribution is 5.84. The standard InChI is InChI=1S/C18H35N7O/c1-7-16-23-21-13-25(16)11-10-19-18(20-12-17(26)24(5)6)22-15(4)9-8-14(2)3/h13-15H,7-12H2,1-6H3,(H2,19,20,22). The lowest BCUT2D eigenvalue weighted by atomic mass is 10.0. The Kier molecular flexibility index (Phi) is 9.69. The van der Waals surface area contributed by atoms with Gasteiger partial charge in [-0.1, -0.05) is 20.8 Å². The van der Waals surface area contributed by atoms with E-state index in [9.17, 15) is 4.79 Å². The fraction of sp³-hybridized carbons (Fsp3) is 0.778. The Morgan fingerprint density at radius 3 is 2.65 bits per heavy atom. The highest BCUT2D eigenvalue weighted by Crippen LogP contribution is 2.06. The summed E-state index contributed by atoms with van der Waals surface area (Å²) in [6.07, 6.45) is 4.80. The number of aromatic nitrogens is 3. The average molecular weight is 366 g/mol. The first kappa shape index (κ1) is 21.9. The Morgan fingerprint density at radius 2 is 2.04 bits per heavy atom. The number of hydrogen-bond donors (Lipinski definition) is 2. The van der Waals surface area contributed by atoms with Gasteiger partial charge in [0.2, 0.25) is 5.91 Å². The van der Waals surface area contributed by atoms with Crippen molar-refractivity contribution in [3.63, 3.8) is 0 Å². The lowest BCUT2D eigenvalue weighted by Crippen LogP contribution is -2.44. The van der Waals surface area contributed by atoms with Crippen LogP contribution in [-0.4, -0.2) is 64.8 Å². The smallest absolute Gasteiger partial charge is 0.243 e. The fourth-order valence-corrected chi connectivity index (χ4v) is 2.36. The molecule has 8 nitrogen and oxygen atoms in total. The summed E-state index contributed by atoms with van der Waals surface area (Å²) in [4.78, 5) is 17.8. The summed E-state index contributed by atoms with van der Waals surface area (Å²) in [7, 11) is 3.48. The highest BCUT2D eigenvalue weighted by Gasteiger charge is 2.09. The number of rotatable bonds is 10. The van der Waals surface area contributed by atoms with E-state index >= 15 is 0 Å². The summed E-state index contributed by atoms with van der Waals surface area (Å²) in [6, 6.07) is 0.291. The Bertz CT molecular complexity index is 566. The van der Waals surface area contributed by atoms with Crippen LogP contribution in [0, 0.1) is 5.92 Å². The number of aryl methyl sites for hydroxylation is 1. The molecular formula is C18H35N7O. The molecule has 0 aromatic carbocycles. The first-order valence-corrected chi connectivity index (χ1v) is 9.45. The quantitative estimate of drug-likeness (QED) is 0.482. The summed E-state index contributed by atoms with van der Waals surface area (Å²) >= 11 is 0. The van der Waals surface area contributed by atoms with Gasteiger partial charge in [0.15, 0.2) is 5.96 Å². The molecule has 0 aliphatic carbocycles. The Morgan fingerprint density at radius 1 is 1.31 bits per heavy atom. The van der Waals surface area contributed by atoms with Gasteiger partial charge in [-0.25, -0.2) is 4.99 Å². The van der Waals surface area contributed by atoms with Gasteiger partial charge in [0.25, 0.3) is 0 Å². The van der Waals surface area contributed by atoms with Gasteiger partial charge in [-0.3, -0.25) is 4.79 Å². The number of aliphatic imine (C=N–C) groups is 1. The molecule has 0 bridgehead atoms. The molecule has 0 saturated heterocycles. The van der Waals surface area contributed by atoms with Gasteiger partial charge in [0, 0.05) is 39.6 Å². The Hall–Kier alpha value is -2.12. The molecule has 148 valence electrons. The number of guanidine groups is 1. The van der Waals surface area contributed by atoms with E-state index in [0.717, 1.165) is 31.6 Å². The molecule has 2 N–H and O–H groups in total. The maximum Gasteiger partial charge on any atom is 0.243 e. The van der Waals surface area contributed by atoms with Crippen molar-refractivity contribution in [3.8, 4) is 0 Å². The fourth-order valence-electron chi connectivity index (χ4n) is 2.36. The molecule has 1 rings (SSSR count). The molecule has 1 aromatic heterocycles. The summed E-state index contributed by atoms with van der Waals surface area (Å²) in [5.41, 5.74) is 0. The largest absolute Gasteiger partial charge is 0.355 e. The van der Waals surface area contributed by atoms with Crippen molar-refractivity contribution in [3.05, 3.63) is 12.2 Å². The summed E-state index contributed by atoms with van der Waals surface area (Å²) in [6.45, 7) is 10.2. The van der Waals surface area contributed by atoms with Gasteiger partial charge in [-0.05, 0) is 25.7 Å². The monoisotopic (exact) mass is 365 g/mol. The topological polar surface area (TPSA) is 87.4 Å². The maximum absolute atomic E-state index is 11.8. The van der Waals surface area contributed by atoms with Crippen molar-refractivity contribution in [2.24, 2.45) is 10.9 Å². The molecule has 1 heterocycles. The van der Waals surface area contributed by atoms with Crippen molar-refractivity contribution in [1.82, 2.24) is 30.3 Å². The molecule has 0 aliphatic rings. The predicted octanol–water partition coefficient (Wildman–Crippen LogP) is 1.29. The second-order valence-corrected chi connectivity index (χ2v) is 7.19. The molecule has 0 fully saturated rings. The third-order valence-electron chi connectivity index (χ3n) is 4.09. The van der Waals surface area contributed by atoms with Crippen molar-refractivity contribution in [2.45, 2.75) is 59.5 Å². The number of likely N-dealkylation sites (N-methyl/N-ethyl adjacent to an activating group) is 1. The van der Waals surface area contributed by atoms with Gasteiger partial charge in [0.05, 0.1) is 0 Å². The van der Waals surface area contributed by atoms with E-state index in [2.05, 4.69) is 53.5 Å². The Balaban J connectivity index is 2.61. The molecule has 1 atom stereocenters. The van der Waals surface area contributed by atoms with Crippen molar-refractivity contribution < 1.29 is 4.79 Å². The number of carbonyl (C=O) groups is 1. The minimum atomic E-state index is -0.0204. The maximum atomic E-state index is 11.8. The molecule has 1 aromatic rings. The van der Waals surface area contributed by atoms with Gasteiger partial charge in [-0.15, -0.1) is 10.2 Å². The molecule has 0 aliphatic heterocycles. The number of nitrogens with one attached hydrogen (secondary N) is 2. The predicted molar refractivity (Wildman–Crippen MR) is 105 cm³/mol. The molecule has 0 spiro atoms. The van der Waals surface area contributed by atoms with Crippen LogP contribution in [0.1, 0.15) is 46.4 Å². The normalized spacial score (nSPS) is 13.0. The van der Waals surface area contributed by atoms with E-state index in [1.165, 1.54) is 0 Å². The second kappa shape index (κ2) is 11.5. The van der Waals surface area contributed by atoms with Gasteiger partial charge in [0.1, 0.15) is 18.7 Å². The highest BCUT2D eigenvalue weighted by atomic mass is 16.2. The van der Waals surface area contributed by atoms with Crippen LogP contribution in [0.15, 0.2) is 11.3 Å². The first-order valence-electron chi connectivity index (χ1n) is 9.45.